The van der Waals surface area contributed by atoms with Crippen molar-refractivity contribution in [2.24, 2.45) is 11.7 Å². The van der Waals surface area contributed by atoms with Gasteiger partial charge in [-0.1, -0.05) is 38.1 Å². The third kappa shape index (κ3) is 2.07. The molecule has 1 aliphatic rings. The maximum atomic E-state index is 11.9. The van der Waals surface area contributed by atoms with Crippen LogP contribution in [0.1, 0.15) is 31.4 Å². The number of benzene rings is 1. The lowest BCUT2D eigenvalue weighted by Gasteiger charge is -2.29. The summed E-state index contributed by atoms with van der Waals surface area (Å²) in [6.45, 7) is 5.06. The number of hydrogen-bond acceptors (Lipinski definition) is 2. The molecule has 0 saturated carbocycles. The molecule has 1 unspecified atom stereocenters. The highest BCUT2D eigenvalue weighted by Gasteiger charge is 2.43. The van der Waals surface area contributed by atoms with Gasteiger partial charge in [-0.15, -0.1) is 0 Å². The Bertz CT molecular complexity index is 428. The van der Waals surface area contributed by atoms with Gasteiger partial charge in [0, 0.05) is 0 Å². The van der Waals surface area contributed by atoms with Gasteiger partial charge in [0.2, 0.25) is 5.91 Å². The number of hydrogen-bond donors (Lipinski definition) is 2. The molecule has 1 atom stereocenters. The topological polar surface area (TPSA) is 55.1 Å². The lowest BCUT2D eigenvalue weighted by molar-refractivity contribution is -0.124. The minimum atomic E-state index is -0.652. The summed E-state index contributed by atoms with van der Waals surface area (Å²) >= 11 is 0. The van der Waals surface area contributed by atoms with Crippen molar-refractivity contribution in [3.63, 3.8) is 0 Å². The van der Waals surface area contributed by atoms with Gasteiger partial charge in [-0.2, -0.15) is 0 Å². The molecule has 1 amide bonds. The zero-order valence-corrected chi connectivity index (χ0v) is 10.5. The minimum absolute atomic E-state index is 0.261. The molecule has 1 aromatic rings. The number of amides is 1. The van der Waals surface area contributed by atoms with E-state index in [9.17, 15) is 4.79 Å². The Hall–Kier alpha value is -1.35. The maximum absolute atomic E-state index is 11.9. The summed E-state index contributed by atoms with van der Waals surface area (Å²) in [7, 11) is 0. The van der Waals surface area contributed by atoms with Crippen molar-refractivity contribution in [3.05, 3.63) is 35.4 Å². The second-order valence-corrected chi connectivity index (χ2v) is 5.20. The predicted octanol–water partition coefficient (Wildman–Crippen LogP) is 1.56. The van der Waals surface area contributed by atoms with E-state index in [1.54, 1.807) is 0 Å². The van der Waals surface area contributed by atoms with Crippen LogP contribution >= 0.6 is 0 Å². The van der Waals surface area contributed by atoms with Gasteiger partial charge in [0.05, 0.1) is 0 Å². The zero-order chi connectivity index (χ0) is 12.5. The van der Waals surface area contributed by atoms with Gasteiger partial charge in [-0.25, -0.2) is 0 Å². The summed E-state index contributed by atoms with van der Waals surface area (Å²) in [4.78, 5) is 11.9. The molecule has 0 spiro atoms. The maximum Gasteiger partial charge on any atom is 0.242 e. The minimum Gasteiger partial charge on any atom is -0.368 e. The summed E-state index contributed by atoms with van der Waals surface area (Å²) in [5.74, 6) is 0.238. The van der Waals surface area contributed by atoms with Crippen LogP contribution in [-0.4, -0.2) is 12.5 Å². The lowest BCUT2D eigenvalue weighted by atomic mass is 9.90. The lowest BCUT2D eigenvalue weighted by Crippen LogP contribution is -2.52. The van der Waals surface area contributed by atoms with Gasteiger partial charge >= 0.3 is 0 Å². The highest BCUT2D eigenvalue weighted by molar-refractivity contribution is 5.87. The van der Waals surface area contributed by atoms with Crippen LogP contribution in [0.5, 0.6) is 0 Å². The van der Waals surface area contributed by atoms with Crippen molar-refractivity contribution < 1.29 is 4.79 Å². The van der Waals surface area contributed by atoms with Crippen molar-refractivity contribution in [2.45, 2.75) is 32.2 Å². The largest absolute Gasteiger partial charge is 0.368 e. The third-order valence-electron chi connectivity index (χ3n) is 3.48. The molecule has 0 heterocycles. The molecule has 0 aromatic heterocycles. The van der Waals surface area contributed by atoms with Gasteiger partial charge in [-0.3, -0.25) is 10.1 Å². The second-order valence-electron chi connectivity index (χ2n) is 5.20. The number of primary amides is 1. The smallest absolute Gasteiger partial charge is 0.242 e. The van der Waals surface area contributed by atoms with Crippen LogP contribution in [0.25, 0.3) is 0 Å². The SMILES string of the molecule is CC(C)CNC1(C(N)=O)CCc2ccccc21. The highest BCUT2D eigenvalue weighted by atomic mass is 16.1. The molecule has 3 heteroatoms. The molecular weight excluding hydrogens is 212 g/mol. The molecule has 0 fully saturated rings. The van der Waals surface area contributed by atoms with E-state index in [0.29, 0.717) is 5.92 Å². The van der Waals surface area contributed by atoms with Gasteiger partial charge in [-0.05, 0) is 36.4 Å². The van der Waals surface area contributed by atoms with Gasteiger partial charge in [0.1, 0.15) is 5.54 Å². The first-order valence-electron chi connectivity index (χ1n) is 6.19. The molecular formula is C14H20N2O. The first-order chi connectivity index (χ1) is 8.06. The summed E-state index contributed by atoms with van der Waals surface area (Å²) in [6.07, 6.45) is 1.69. The first kappa shape index (κ1) is 12.1. The van der Waals surface area contributed by atoms with E-state index in [1.165, 1.54) is 5.56 Å². The van der Waals surface area contributed by atoms with Crippen LogP contribution < -0.4 is 11.1 Å². The number of carbonyl (C=O) groups is 1. The molecule has 1 aliphatic carbocycles. The number of fused-ring (bicyclic) bond motifs is 1. The zero-order valence-electron chi connectivity index (χ0n) is 10.5. The fraction of sp³-hybridized carbons (Fsp3) is 0.500. The summed E-state index contributed by atoms with van der Waals surface area (Å²) in [5.41, 5.74) is 7.28. The van der Waals surface area contributed by atoms with Crippen molar-refractivity contribution in [3.8, 4) is 0 Å². The second kappa shape index (κ2) is 4.49. The number of nitrogens with two attached hydrogens (primary N) is 1. The van der Waals surface area contributed by atoms with Crippen LogP contribution in [0.2, 0.25) is 0 Å². The molecule has 0 aliphatic heterocycles. The van der Waals surface area contributed by atoms with Crippen LogP contribution in [0, 0.1) is 5.92 Å². The Morgan fingerprint density at radius 3 is 2.82 bits per heavy atom. The molecule has 1 aromatic carbocycles. The predicted molar refractivity (Wildman–Crippen MR) is 68.5 cm³/mol. The molecule has 17 heavy (non-hydrogen) atoms. The van der Waals surface area contributed by atoms with Crippen LogP contribution in [0.4, 0.5) is 0 Å². The van der Waals surface area contributed by atoms with E-state index in [0.717, 1.165) is 24.9 Å². The Balaban J connectivity index is 2.34. The fourth-order valence-electron chi connectivity index (χ4n) is 2.52. The van der Waals surface area contributed by atoms with Crippen LogP contribution in [0.3, 0.4) is 0 Å². The molecule has 3 N–H and O–H groups in total. The van der Waals surface area contributed by atoms with Crippen molar-refractivity contribution in [1.29, 1.82) is 0 Å². The monoisotopic (exact) mass is 232 g/mol. The Labute approximate surface area is 102 Å². The summed E-state index contributed by atoms with van der Waals surface area (Å²) < 4.78 is 0. The summed E-state index contributed by atoms with van der Waals surface area (Å²) in [6, 6.07) is 8.08. The Morgan fingerprint density at radius 1 is 1.47 bits per heavy atom. The highest BCUT2D eigenvalue weighted by Crippen LogP contribution is 2.36. The van der Waals surface area contributed by atoms with Crippen molar-refractivity contribution in [2.75, 3.05) is 6.54 Å². The molecule has 92 valence electrons. The quantitative estimate of drug-likeness (QED) is 0.827. The van der Waals surface area contributed by atoms with Gasteiger partial charge in [0.25, 0.3) is 0 Å². The Morgan fingerprint density at radius 2 is 2.18 bits per heavy atom. The van der Waals surface area contributed by atoms with Crippen molar-refractivity contribution in [1.82, 2.24) is 5.32 Å². The molecule has 0 radical (unpaired) electrons. The molecule has 3 nitrogen and oxygen atoms in total. The third-order valence-corrected chi connectivity index (χ3v) is 3.48. The van der Waals surface area contributed by atoms with Gasteiger partial charge < -0.3 is 5.73 Å². The number of aryl methyl sites for hydroxylation is 1. The van der Waals surface area contributed by atoms with Gasteiger partial charge in [0.15, 0.2) is 0 Å². The molecule has 0 saturated heterocycles. The number of carbonyl (C=O) groups excluding carboxylic acids is 1. The fourth-order valence-corrected chi connectivity index (χ4v) is 2.52. The van der Waals surface area contributed by atoms with E-state index >= 15 is 0 Å². The summed E-state index contributed by atoms with van der Waals surface area (Å²) in [5, 5.41) is 3.38. The normalized spacial score (nSPS) is 22.8. The van der Waals surface area contributed by atoms with Crippen LogP contribution in [0.15, 0.2) is 24.3 Å². The average molecular weight is 232 g/mol. The van der Waals surface area contributed by atoms with E-state index in [-0.39, 0.29) is 5.91 Å². The Kier molecular flexibility index (Phi) is 3.20. The number of nitrogens with one attached hydrogen (secondary N) is 1. The molecule has 2 rings (SSSR count). The van der Waals surface area contributed by atoms with Crippen molar-refractivity contribution >= 4 is 5.91 Å². The number of rotatable bonds is 4. The van der Waals surface area contributed by atoms with E-state index in [4.69, 9.17) is 5.73 Å². The van der Waals surface area contributed by atoms with E-state index in [1.807, 2.05) is 18.2 Å². The first-order valence-corrected chi connectivity index (χ1v) is 6.19. The van der Waals surface area contributed by atoms with Crippen LogP contribution in [-0.2, 0) is 16.8 Å². The van der Waals surface area contributed by atoms with E-state index in [2.05, 4.69) is 25.2 Å². The molecule has 0 bridgehead atoms. The van der Waals surface area contributed by atoms with E-state index < -0.39 is 5.54 Å². The standard InChI is InChI=1S/C14H20N2O/c1-10(2)9-16-14(13(15)17)8-7-11-5-3-4-6-12(11)14/h3-6,10,16H,7-9H2,1-2H3,(H2,15,17). The average Bonchev–Trinajstić information content (AvgIpc) is 2.67.